The molecule has 5 nitrogen and oxygen atoms in total. The minimum absolute atomic E-state index is 0.146. The first-order valence-corrected chi connectivity index (χ1v) is 5.41. The Hall–Kier alpha value is -1.56. The van der Waals surface area contributed by atoms with Gasteiger partial charge < -0.3 is 0 Å². The first-order valence-electron chi connectivity index (χ1n) is 4.62. The first-order chi connectivity index (χ1) is 7.59. The number of carbonyl (C=O) groups excluding carboxylic acids is 1. The molecule has 0 unspecified atom stereocenters. The van der Waals surface area contributed by atoms with Crippen molar-refractivity contribution in [2.24, 2.45) is 7.05 Å². The first kappa shape index (κ1) is 10.9. The van der Waals surface area contributed by atoms with Crippen molar-refractivity contribution < 1.29 is 4.79 Å². The highest BCUT2D eigenvalue weighted by Gasteiger charge is 2.18. The Morgan fingerprint density at radius 3 is 2.69 bits per heavy atom. The lowest BCUT2D eigenvalue weighted by Gasteiger charge is -2.01. The van der Waals surface area contributed by atoms with Gasteiger partial charge in [0, 0.05) is 24.5 Å². The molecule has 2 aromatic rings. The Morgan fingerprint density at radius 2 is 2.19 bits per heavy atom. The molecule has 2 rings (SSSR count). The zero-order valence-electron chi connectivity index (χ0n) is 8.81. The fraction of sp³-hybridized carbons (Fsp3) is 0.200. The lowest BCUT2D eigenvalue weighted by atomic mass is 10.1. The van der Waals surface area contributed by atoms with Crippen LogP contribution >= 0.6 is 15.9 Å². The smallest absolute Gasteiger partial charge is 0.215 e. The van der Waals surface area contributed by atoms with Crippen LogP contribution in [-0.4, -0.2) is 25.8 Å². The van der Waals surface area contributed by atoms with E-state index >= 15 is 0 Å². The number of carbonyl (C=O) groups is 1. The van der Waals surface area contributed by atoms with Crippen molar-refractivity contribution >= 4 is 21.7 Å². The summed E-state index contributed by atoms with van der Waals surface area (Å²) in [5.41, 5.74) is 1.82. The summed E-state index contributed by atoms with van der Waals surface area (Å²) in [7, 11) is 1.67. The van der Waals surface area contributed by atoms with Crippen molar-refractivity contribution in [2.75, 3.05) is 0 Å². The number of halogens is 1. The van der Waals surface area contributed by atoms with Gasteiger partial charge in [0.2, 0.25) is 5.78 Å². The third-order valence-electron chi connectivity index (χ3n) is 2.17. The van der Waals surface area contributed by atoms with Gasteiger partial charge in [0.25, 0.3) is 0 Å². The minimum atomic E-state index is -0.146. The fourth-order valence-electron chi connectivity index (χ4n) is 1.31. The van der Waals surface area contributed by atoms with Crippen molar-refractivity contribution in [3.63, 3.8) is 0 Å². The van der Waals surface area contributed by atoms with E-state index in [4.69, 9.17) is 0 Å². The van der Waals surface area contributed by atoms with E-state index in [-0.39, 0.29) is 5.78 Å². The lowest BCUT2D eigenvalue weighted by molar-refractivity contribution is 0.102. The SMILES string of the molecule is Cc1ccc(C(=O)c2c(Br)nnn2C)cn1. The molecule has 0 N–H and O–H groups in total. The van der Waals surface area contributed by atoms with Gasteiger partial charge in [0.05, 0.1) is 0 Å². The average Bonchev–Trinajstić information content (AvgIpc) is 2.59. The summed E-state index contributed by atoms with van der Waals surface area (Å²) in [5.74, 6) is -0.146. The molecule has 0 radical (unpaired) electrons. The summed E-state index contributed by atoms with van der Waals surface area (Å²) in [5, 5.41) is 7.53. The second-order valence-electron chi connectivity index (χ2n) is 3.37. The predicted molar refractivity (Wildman–Crippen MR) is 61.1 cm³/mol. The van der Waals surface area contributed by atoms with E-state index in [1.54, 1.807) is 25.4 Å². The highest BCUT2D eigenvalue weighted by molar-refractivity contribution is 9.10. The molecule has 0 aliphatic heterocycles. The molecule has 0 bridgehead atoms. The molecule has 0 saturated heterocycles. The molecule has 2 heterocycles. The largest absolute Gasteiger partial charge is 0.287 e. The minimum Gasteiger partial charge on any atom is -0.287 e. The van der Waals surface area contributed by atoms with Gasteiger partial charge in [-0.05, 0) is 35.0 Å². The van der Waals surface area contributed by atoms with Crippen LogP contribution in [0.4, 0.5) is 0 Å². The van der Waals surface area contributed by atoms with Gasteiger partial charge >= 0.3 is 0 Å². The summed E-state index contributed by atoms with van der Waals surface area (Å²) in [6.07, 6.45) is 1.55. The average molecular weight is 281 g/mol. The van der Waals surface area contributed by atoms with Crippen molar-refractivity contribution in [3.05, 3.63) is 39.9 Å². The molecule has 0 aromatic carbocycles. The van der Waals surface area contributed by atoms with Crippen LogP contribution in [-0.2, 0) is 7.05 Å². The summed E-state index contributed by atoms with van der Waals surface area (Å²) in [6.45, 7) is 1.87. The number of ketones is 1. The van der Waals surface area contributed by atoms with Crippen molar-refractivity contribution in [1.82, 2.24) is 20.0 Å². The van der Waals surface area contributed by atoms with E-state index in [1.165, 1.54) is 4.68 Å². The molecule has 0 spiro atoms. The zero-order valence-corrected chi connectivity index (χ0v) is 10.4. The van der Waals surface area contributed by atoms with Crippen LogP contribution in [0, 0.1) is 6.92 Å². The molecular weight excluding hydrogens is 272 g/mol. The number of nitrogens with zero attached hydrogens (tertiary/aromatic N) is 4. The van der Waals surface area contributed by atoms with Crippen molar-refractivity contribution in [3.8, 4) is 0 Å². The molecule has 0 saturated carbocycles. The third-order valence-corrected chi connectivity index (χ3v) is 2.71. The van der Waals surface area contributed by atoms with Crippen molar-refractivity contribution in [2.45, 2.75) is 6.92 Å². The van der Waals surface area contributed by atoms with Crippen LogP contribution < -0.4 is 0 Å². The van der Waals surface area contributed by atoms with E-state index in [0.29, 0.717) is 15.9 Å². The molecule has 0 aliphatic carbocycles. The molecule has 16 heavy (non-hydrogen) atoms. The van der Waals surface area contributed by atoms with Crippen LogP contribution in [0.3, 0.4) is 0 Å². The lowest BCUT2D eigenvalue weighted by Crippen LogP contribution is -2.09. The second kappa shape index (κ2) is 4.13. The molecule has 0 aliphatic rings. The number of hydrogen-bond donors (Lipinski definition) is 0. The maximum absolute atomic E-state index is 12.1. The van der Waals surface area contributed by atoms with Crippen LogP contribution in [0.5, 0.6) is 0 Å². The fourth-order valence-corrected chi connectivity index (χ4v) is 1.82. The normalized spacial score (nSPS) is 10.4. The van der Waals surface area contributed by atoms with Gasteiger partial charge in [-0.1, -0.05) is 5.21 Å². The van der Waals surface area contributed by atoms with Gasteiger partial charge in [0.1, 0.15) is 5.69 Å². The summed E-state index contributed by atoms with van der Waals surface area (Å²) in [6, 6.07) is 3.54. The number of hydrogen-bond acceptors (Lipinski definition) is 4. The molecule has 0 fully saturated rings. The molecule has 0 amide bonds. The summed E-state index contributed by atoms with van der Waals surface area (Å²) < 4.78 is 1.88. The number of rotatable bonds is 2. The Morgan fingerprint density at radius 1 is 1.44 bits per heavy atom. The maximum atomic E-state index is 12.1. The topological polar surface area (TPSA) is 60.7 Å². The number of aromatic nitrogens is 4. The van der Waals surface area contributed by atoms with Crippen LogP contribution in [0.25, 0.3) is 0 Å². The highest BCUT2D eigenvalue weighted by Crippen LogP contribution is 2.16. The number of aryl methyl sites for hydroxylation is 2. The standard InChI is InChI=1S/C10H9BrN4O/c1-6-3-4-7(5-12-6)9(16)8-10(11)13-14-15(8)2/h3-5H,1-2H3. The summed E-state index contributed by atoms with van der Waals surface area (Å²) >= 11 is 3.19. The molecule has 2 aromatic heterocycles. The molecule has 0 atom stereocenters. The van der Waals surface area contributed by atoms with E-state index < -0.39 is 0 Å². The Bertz CT molecular complexity index is 513. The number of pyridine rings is 1. The molecule has 6 heteroatoms. The molecule has 82 valence electrons. The van der Waals surface area contributed by atoms with Gasteiger partial charge in [-0.3, -0.25) is 9.78 Å². The Labute approximate surface area is 101 Å². The van der Waals surface area contributed by atoms with E-state index in [9.17, 15) is 4.79 Å². The van der Waals surface area contributed by atoms with E-state index in [0.717, 1.165) is 5.69 Å². The van der Waals surface area contributed by atoms with Gasteiger partial charge in [-0.25, -0.2) is 4.68 Å². The van der Waals surface area contributed by atoms with Gasteiger partial charge in [0.15, 0.2) is 4.60 Å². The Kier molecular flexibility index (Phi) is 2.82. The Balaban J connectivity index is 2.43. The zero-order chi connectivity index (χ0) is 11.7. The summed E-state index contributed by atoms with van der Waals surface area (Å²) in [4.78, 5) is 16.2. The van der Waals surface area contributed by atoms with Gasteiger partial charge in [-0.2, -0.15) is 0 Å². The van der Waals surface area contributed by atoms with Gasteiger partial charge in [-0.15, -0.1) is 5.10 Å². The monoisotopic (exact) mass is 280 g/mol. The second-order valence-corrected chi connectivity index (χ2v) is 4.12. The van der Waals surface area contributed by atoms with Crippen LogP contribution in [0.1, 0.15) is 21.7 Å². The van der Waals surface area contributed by atoms with Crippen LogP contribution in [0.15, 0.2) is 22.9 Å². The quantitative estimate of drug-likeness (QED) is 0.783. The predicted octanol–water partition coefficient (Wildman–Crippen LogP) is 1.51. The highest BCUT2D eigenvalue weighted by atomic mass is 79.9. The molecular formula is C10H9BrN4O. The maximum Gasteiger partial charge on any atom is 0.215 e. The van der Waals surface area contributed by atoms with Crippen molar-refractivity contribution in [1.29, 1.82) is 0 Å². The van der Waals surface area contributed by atoms with E-state index in [1.807, 2.05) is 6.92 Å². The van der Waals surface area contributed by atoms with Crippen LogP contribution in [0.2, 0.25) is 0 Å². The van der Waals surface area contributed by atoms with E-state index in [2.05, 4.69) is 31.2 Å². The third kappa shape index (κ3) is 1.88.